The van der Waals surface area contributed by atoms with Crippen LogP contribution >= 0.6 is 11.8 Å². The molecule has 0 spiro atoms. The predicted octanol–water partition coefficient (Wildman–Crippen LogP) is 6.48. The van der Waals surface area contributed by atoms with Gasteiger partial charge < -0.3 is 14.4 Å². The fourth-order valence-corrected chi connectivity index (χ4v) is 5.14. The third-order valence-corrected chi connectivity index (χ3v) is 7.40. The van der Waals surface area contributed by atoms with Crippen LogP contribution in [0.25, 0.3) is 6.08 Å². The fourth-order valence-electron chi connectivity index (χ4n) is 4.15. The highest BCUT2D eigenvalue weighted by Gasteiger charge is 2.33. The number of thioether (sulfide) groups is 1. The Morgan fingerprint density at radius 3 is 2.37 bits per heavy atom. The maximum absolute atomic E-state index is 13.0. The first-order valence-corrected chi connectivity index (χ1v) is 13.2. The Hall–Kier alpha value is -4.36. The van der Waals surface area contributed by atoms with Crippen molar-refractivity contribution in [1.29, 1.82) is 0 Å². The van der Waals surface area contributed by atoms with Gasteiger partial charge in [0, 0.05) is 31.9 Å². The second-order valence-electron chi connectivity index (χ2n) is 9.09. The van der Waals surface area contributed by atoms with E-state index in [1.807, 2.05) is 24.3 Å². The third-order valence-electron chi connectivity index (χ3n) is 6.34. The molecule has 0 saturated carbocycles. The Morgan fingerprint density at radius 1 is 1.05 bits per heavy atom. The molecule has 3 aromatic rings. The van der Waals surface area contributed by atoms with Crippen LogP contribution in [0.5, 0.6) is 11.5 Å². The van der Waals surface area contributed by atoms with E-state index < -0.39 is 22.4 Å². The number of alkyl halides is 3. The third kappa shape index (κ3) is 6.52. The lowest BCUT2D eigenvalue weighted by Gasteiger charge is -2.28. The fraction of sp³-hybridized carbons (Fsp3) is 0.214. The average molecular weight is 585 g/mol. The minimum atomic E-state index is -4.72. The van der Waals surface area contributed by atoms with Crippen LogP contribution < -0.4 is 9.64 Å². The van der Waals surface area contributed by atoms with Crippen LogP contribution in [0.15, 0.2) is 76.6 Å². The molecular weight excluding hydrogens is 561 g/mol. The molecule has 0 N–H and O–H groups in total. The van der Waals surface area contributed by atoms with Crippen molar-refractivity contribution in [2.45, 2.75) is 6.18 Å². The lowest BCUT2D eigenvalue weighted by molar-refractivity contribution is -0.385. The zero-order valence-corrected chi connectivity index (χ0v) is 22.4. The number of morpholine rings is 1. The molecule has 2 saturated heterocycles. The Bertz CT molecular complexity index is 1520. The van der Waals surface area contributed by atoms with Gasteiger partial charge in [-0.3, -0.25) is 19.8 Å². The monoisotopic (exact) mass is 584 g/mol. The van der Waals surface area contributed by atoms with Gasteiger partial charge in [-0.1, -0.05) is 12.1 Å². The molecule has 0 bridgehead atoms. The van der Waals surface area contributed by atoms with Crippen LogP contribution in [0.2, 0.25) is 0 Å². The first-order chi connectivity index (χ1) is 19.6. The van der Waals surface area contributed by atoms with Crippen molar-refractivity contribution in [1.82, 2.24) is 4.90 Å². The van der Waals surface area contributed by atoms with Crippen LogP contribution in [0.3, 0.4) is 0 Å². The number of hydrogen-bond acceptors (Lipinski definition) is 8. The van der Waals surface area contributed by atoms with Crippen molar-refractivity contribution in [3.8, 4) is 11.5 Å². The summed E-state index contributed by atoms with van der Waals surface area (Å²) < 4.78 is 49.8. The normalized spacial score (nSPS) is 17.9. The van der Waals surface area contributed by atoms with Gasteiger partial charge in [0.2, 0.25) is 5.75 Å². The molecule has 212 valence electrons. The van der Waals surface area contributed by atoms with Crippen molar-refractivity contribution in [3.05, 3.63) is 92.9 Å². The van der Waals surface area contributed by atoms with E-state index in [0.29, 0.717) is 40.6 Å². The summed E-state index contributed by atoms with van der Waals surface area (Å²) in [6, 6.07) is 16.1. The van der Waals surface area contributed by atoms with E-state index in [9.17, 15) is 28.1 Å². The van der Waals surface area contributed by atoms with Gasteiger partial charge in [0.25, 0.3) is 5.91 Å². The van der Waals surface area contributed by atoms with Gasteiger partial charge in [-0.2, -0.15) is 13.2 Å². The highest BCUT2D eigenvalue weighted by atomic mass is 32.2. The first kappa shape index (κ1) is 28.2. The Balaban J connectivity index is 1.28. The molecule has 2 fully saturated rings. The molecule has 0 aliphatic carbocycles. The number of rotatable bonds is 6. The number of nitrogens with zero attached hydrogens (tertiary/aromatic N) is 4. The lowest BCUT2D eigenvalue weighted by atomic mass is 10.1. The molecule has 2 aliphatic heterocycles. The zero-order chi connectivity index (χ0) is 29.1. The van der Waals surface area contributed by atoms with Gasteiger partial charge in [0.15, 0.2) is 5.17 Å². The number of halogens is 3. The number of amides is 1. The summed E-state index contributed by atoms with van der Waals surface area (Å²) in [6.45, 7) is 3.05. The summed E-state index contributed by atoms with van der Waals surface area (Å²) in [5.41, 5.74) is 0.505. The van der Waals surface area contributed by atoms with Crippen LogP contribution in [0, 0.1) is 10.1 Å². The molecule has 3 aromatic carbocycles. The Kier molecular flexibility index (Phi) is 7.99. The van der Waals surface area contributed by atoms with Gasteiger partial charge in [-0.15, -0.1) is 0 Å². The molecule has 2 aliphatic rings. The second kappa shape index (κ2) is 11.6. The van der Waals surface area contributed by atoms with Gasteiger partial charge in [-0.05, 0) is 71.9 Å². The Morgan fingerprint density at radius 2 is 1.73 bits per heavy atom. The number of likely N-dealkylation sites (N-methyl/N-ethyl adjacent to an activating group) is 1. The van der Waals surface area contributed by atoms with Gasteiger partial charge >= 0.3 is 11.9 Å². The summed E-state index contributed by atoms with van der Waals surface area (Å²) in [5.74, 6) is -0.365. The highest BCUT2D eigenvalue weighted by Crippen LogP contribution is 2.38. The number of carbonyl (C=O) groups is 1. The van der Waals surface area contributed by atoms with Gasteiger partial charge in [0.05, 0.1) is 34.3 Å². The zero-order valence-electron chi connectivity index (χ0n) is 21.6. The van der Waals surface area contributed by atoms with Crippen LogP contribution in [-0.4, -0.2) is 54.2 Å². The number of amidine groups is 1. The molecule has 41 heavy (non-hydrogen) atoms. The molecule has 2 heterocycles. The number of nitro groups is 1. The molecule has 0 radical (unpaired) electrons. The summed E-state index contributed by atoms with van der Waals surface area (Å²) in [5, 5.41) is 11.8. The maximum atomic E-state index is 13.0. The van der Waals surface area contributed by atoms with E-state index in [1.54, 1.807) is 25.3 Å². The quantitative estimate of drug-likeness (QED) is 0.186. The minimum Gasteiger partial charge on any atom is -0.450 e. The molecule has 0 unspecified atom stereocenters. The van der Waals surface area contributed by atoms with Crippen molar-refractivity contribution in [2.24, 2.45) is 4.99 Å². The van der Waals surface area contributed by atoms with E-state index in [1.165, 1.54) is 28.8 Å². The summed E-state index contributed by atoms with van der Waals surface area (Å²) in [6.07, 6.45) is -3.04. The smallest absolute Gasteiger partial charge is 0.416 e. The highest BCUT2D eigenvalue weighted by molar-refractivity contribution is 8.18. The summed E-state index contributed by atoms with van der Waals surface area (Å²) >= 11 is 1.23. The van der Waals surface area contributed by atoms with Gasteiger partial charge in [-0.25, -0.2) is 4.99 Å². The molecular formula is C28H23F3N4O5S. The first-order valence-electron chi connectivity index (χ1n) is 12.4. The number of anilines is 1. The lowest BCUT2D eigenvalue weighted by Crippen LogP contribution is -2.36. The van der Waals surface area contributed by atoms with Crippen molar-refractivity contribution >= 4 is 46.0 Å². The molecule has 9 nitrogen and oxygen atoms in total. The average Bonchev–Trinajstić information content (AvgIpc) is 3.22. The minimum absolute atomic E-state index is 0.181. The van der Waals surface area contributed by atoms with E-state index >= 15 is 0 Å². The molecule has 0 atom stereocenters. The van der Waals surface area contributed by atoms with Gasteiger partial charge in [0.1, 0.15) is 5.75 Å². The molecule has 5 rings (SSSR count). The SMILES string of the molecule is CN1C(=O)/C(=C/c2ccc(Oc3ccc(C(F)(F)F)cc3[N+](=O)[O-])cc2)SC1=Nc1ccc(N2CCOCC2)cc1. The van der Waals surface area contributed by atoms with Crippen molar-refractivity contribution in [3.63, 3.8) is 0 Å². The summed E-state index contributed by atoms with van der Waals surface area (Å²) in [4.78, 5) is 32.0. The Labute approximate surface area is 237 Å². The second-order valence-corrected chi connectivity index (χ2v) is 10.1. The molecule has 13 heteroatoms. The number of benzene rings is 3. The van der Waals surface area contributed by atoms with Crippen LogP contribution in [-0.2, 0) is 15.7 Å². The predicted molar refractivity (Wildman–Crippen MR) is 150 cm³/mol. The number of aliphatic imine (C=N–C) groups is 1. The topological polar surface area (TPSA) is 97.5 Å². The van der Waals surface area contributed by atoms with Crippen molar-refractivity contribution < 1.29 is 32.4 Å². The van der Waals surface area contributed by atoms with Crippen LogP contribution in [0.4, 0.5) is 30.2 Å². The summed E-state index contributed by atoms with van der Waals surface area (Å²) in [7, 11) is 1.64. The van der Waals surface area contributed by atoms with E-state index in [-0.39, 0.29) is 17.4 Å². The largest absolute Gasteiger partial charge is 0.450 e. The number of nitro benzene ring substituents is 1. The van der Waals surface area contributed by atoms with Crippen molar-refractivity contribution in [2.75, 3.05) is 38.3 Å². The maximum Gasteiger partial charge on any atom is 0.416 e. The van der Waals surface area contributed by atoms with E-state index in [4.69, 9.17) is 9.47 Å². The number of ether oxygens (including phenoxy) is 2. The van der Waals surface area contributed by atoms with E-state index in [0.717, 1.165) is 30.9 Å². The molecule has 1 amide bonds. The van der Waals surface area contributed by atoms with E-state index in [2.05, 4.69) is 9.89 Å². The number of hydrogen-bond donors (Lipinski definition) is 0. The number of carbonyl (C=O) groups excluding carboxylic acids is 1. The molecule has 0 aromatic heterocycles. The standard InChI is InChI=1S/C28H23F3N4O5S/c1-33-26(36)25(41-27(33)32-20-5-7-21(8-6-20)34-12-14-39-15-13-34)16-18-2-9-22(10-3-18)40-24-11-4-19(28(29,30)31)17-23(24)35(37)38/h2-11,16-17H,12-15H2,1H3/b25-16-,32-27?. The van der Waals surface area contributed by atoms with Crippen LogP contribution in [0.1, 0.15) is 11.1 Å².